The predicted molar refractivity (Wildman–Crippen MR) is 107 cm³/mol. The van der Waals surface area contributed by atoms with E-state index >= 15 is 0 Å². The summed E-state index contributed by atoms with van der Waals surface area (Å²) < 4.78 is 0. The van der Waals surface area contributed by atoms with Crippen LogP contribution in [0.4, 0.5) is 0 Å². The van der Waals surface area contributed by atoms with Crippen molar-refractivity contribution in [1.82, 2.24) is 4.90 Å². The molecule has 1 saturated carbocycles. The monoisotopic (exact) mass is 339 g/mol. The third kappa shape index (κ3) is 2.69. The van der Waals surface area contributed by atoms with Gasteiger partial charge in [0.05, 0.1) is 0 Å². The van der Waals surface area contributed by atoms with Gasteiger partial charge in [-0.15, -0.1) is 0 Å². The number of hydrogen-bond donors (Lipinski definition) is 0. The highest BCUT2D eigenvalue weighted by Crippen LogP contribution is 2.57. The van der Waals surface area contributed by atoms with Gasteiger partial charge in [0.25, 0.3) is 0 Å². The van der Waals surface area contributed by atoms with Crippen molar-refractivity contribution in [2.45, 2.75) is 102 Å². The maximum absolute atomic E-state index is 2.85. The Kier molecular flexibility index (Phi) is 3.93. The largest absolute Gasteiger partial charge is 0.295 e. The Morgan fingerprint density at radius 1 is 1.00 bits per heavy atom. The molecule has 2 aliphatic carbocycles. The molecular formula is C24H37N. The fourth-order valence-corrected chi connectivity index (χ4v) is 6.30. The third-order valence-corrected chi connectivity index (χ3v) is 7.56. The van der Waals surface area contributed by atoms with Crippen molar-refractivity contribution in [2.24, 2.45) is 5.92 Å². The van der Waals surface area contributed by atoms with E-state index in [-0.39, 0.29) is 11.0 Å². The van der Waals surface area contributed by atoms with Crippen molar-refractivity contribution in [2.75, 3.05) is 6.54 Å². The zero-order valence-corrected chi connectivity index (χ0v) is 17.3. The minimum atomic E-state index is 0.249. The Balaban J connectivity index is 1.84. The lowest BCUT2D eigenvalue weighted by molar-refractivity contribution is -0.0542. The van der Waals surface area contributed by atoms with Gasteiger partial charge in [0, 0.05) is 17.0 Å². The summed E-state index contributed by atoms with van der Waals surface area (Å²) in [6.45, 7) is 15.6. The van der Waals surface area contributed by atoms with Crippen molar-refractivity contribution in [3.63, 3.8) is 0 Å². The molecule has 1 heterocycles. The second kappa shape index (κ2) is 5.59. The Hall–Kier alpha value is -0.820. The molecule has 3 atom stereocenters. The van der Waals surface area contributed by atoms with E-state index in [0.717, 1.165) is 12.0 Å². The Morgan fingerprint density at radius 3 is 2.44 bits per heavy atom. The van der Waals surface area contributed by atoms with Crippen LogP contribution in [0.25, 0.3) is 0 Å². The summed E-state index contributed by atoms with van der Waals surface area (Å²) in [6.07, 6.45) is 8.37. The molecule has 0 aromatic heterocycles. The molecule has 1 heteroatoms. The number of benzene rings is 1. The number of rotatable bonds is 0. The van der Waals surface area contributed by atoms with Crippen LogP contribution in [0, 0.1) is 5.92 Å². The SMILES string of the molecule is CC(C)(C)c1ccc2c(c1)C13CCCC[C@H]1[C@H](C2)N(C(C)(C)C)CC3. The Bertz CT molecular complexity index is 660. The quantitative estimate of drug-likeness (QED) is 0.574. The molecule has 4 rings (SSSR count). The van der Waals surface area contributed by atoms with E-state index in [1.54, 1.807) is 11.1 Å². The van der Waals surface area contributed by atoms with E-state index in [9.17, 15) is 0 Å². The molecule has 25 heavy (non-hydrogen) atoms. The van der Waals surface area contributed by atoms with Crippen molar-refractivity contribution in [3.8, 4) is 0 Å². The van der Waals surface area contributed by atoms with Crippen LogP contribution in [0.15, 0.2) is 18.2 Å². The average Bonchev–Trinajstić information content (AvgIpc) is 2.52. The Labute approximate surface area is 155 Å². The molecular weight excluding hydrogens is 302 g/mol. The number of fused-ring (bicyclic) bond motifs is 1. The number of hydrogen-bond acceptors (Lipinski definition) is 1. The summed E-state index contributed by atoms with van der Waals surface area (Å²) in [5.41, 5.74) is 5.94. The first kappa shape index (κ1) is 17.6. The molecule has 1 unspecified atom stereocenters. The van der Waals surface area contributed by atoms with Gasteiger partial charge in [-0.1, -0.05) is 51.8 Å². The standard InChI is InChI=1S/C24H37N/c1-22(2,3)18-11-10-17-15-21-19-9-7-8-12-24(19,20(17)16-18)13-14-25(21)23(4,5)6/h10-11,16,19,21H,7-9,12-15H2,1-6H3/t19-,21-,24?/m0/s1. The van der Waals surface area contributed by atoms with E-state index in [4.69, 9.17) is 0 Å². The van der Waals surface area contributed by atoms with Gasteiger partial charge in [0.1, 0.15) is 0 Å². The van der Waals surface area contributed by atoms with Crippen LogP contribution in [-0.2, 0) is 17.3 Å². The maximum Gasteiger partial charge on any atom is 0.0178 e. The maximum atomic E-state index is 2.85. The molecule has 1 saturated heterocycles. The summed E-state index contributed by atoms with van der Waals surface area (Å²) in [4.78, 5) is 2.85. The molecule has 1 aromatic rings. The first-order valence-electron chi connectivity index (χ1n) is 10.5. The van der Waals surface area contributed by atoms with E-state index < -0.39 is 0 Å². The van der Waals surface area contributed by atoms with Crippen LogP contribution in [0.1, 0.15) is 90.3 Å². The highest BCUT2D eigenvalue weighted by atomic mass is 15.2. The minimum absolute atomic E-state index is 0.249. The highest BCUT2D eigenvalue weighted by molar-refractivity contribution is 5.45. The minimum Gasteiger partial charge on any atom is -0.295 e. The number of piperidine rings is 1. The summed E-state index contributed by atoms with van der Waals surface area (Å²) in [5.74, 6) is 0.872. The summed E-state index contributed by atoms with van der Waals surface area (Å²) in [6, 6.07) is 8.27. The summed E-state index contributed by atoms with van der Waals surface area (Å²) in [5, 5.41) is 0. The second-order valence-corrected chi connectivity index (χ2v) is 11.0. The molecule has 0 radical (unpaired) electrons. The average molecular weight is 340 g/mol. The van der Waals surface area contributed by atoms with Gasteiger partial charge < -0.3 is 0 Å². The molecule has 1 aromatic carbocycles. The lowest BCUT2D eigenvalue weighted by Gasteiger charge is -2.61. The molecule has 0 spiro atoms. The van der Waals surface area contributed by atoms with E-state index in [2.05, 4.69) is 64.6 Å². The second-order valence-electron chi connectivity index (χ2n) is 11.0. The topological polar surface area (TPSA) is 3.24 Å². The molecule has 0 N–H and O–H groups in total. The van der Waals surface area contributed by atoms with Gasteiger partial charge in [-0.05, 0) is 81.0 Å². The number of likely N-dealkylation sites (tertiary alicyclic amines) is 1. The van der Waals surface area contributed by atoms with Crippen molar-refractivity contribution < 1.29 is 0 Å². The van der Waals surface area contributed by atoms with Crippen LogP contribution in [0.5, 0.6) is 0 Å². The molecule has 1 aliphatic heterocycles. The van der Waals surface area contributed by atoms with Crippen molar-refractivity contribution in [1.29, 1.82) is 0 Å². The molecule has 1 nitrogen and oxygen atoms in total. The lowest BCUT2D eigenvalue weighted by atomic mass is 9.51. The van der Waals surface area contributed by atoms with E-state index in [1.807, 2.05) is 0 Å². The fraction of sp³-hybridized carbons (Fsp3) is 0.750. The van der Waals surface area contributed by atoms with Crippen molar-refractivity contribution >= 4 is 0 Å². The molecule has 138 valence electrons. The van der Waals surface area contributed by atoms with Gasteiger partial charge >= 0.3 is 0 Å². The van der Waals surface area contributed by atoms with Gasteiger partial charge in [-0.2, -0.15) is 0 Å². The van der Waals surface area contributed by atoms with Crippen molar-refractivity contribution in [3.05, 3.63) is 34.9 Å². The molecule has 2 bridgehead atoms. The molecule has 3 aliphatic rings. The normalized spacial score (nSPS) is 32.9. The first-order valence-corrected chi connectivity index (χ1v) is 10.5. The fourth-order valence-electron chi connectivity index (χ4n) is 6.30. The summed E-state index contributed by atoms with van der Waals surface area (Å²) in [7, 11) is 0. The number of nitrogens with zero attached hydrogens (tertiary/aromatic N) is 1. The van der Waals surface area contributed by atoms with Gasteiger partial charge in [-0.25, -0.2) is 0 Å². The molecule has 2 fully saturated rings. The van der Waals surface area contributed by atoms with Gasteiger partial charge in [-0.3, -0.25) is 4.90 Å². The summed E-state index contributed by atoms with van der Waals surface area (Å²) >= 11 is 0. The van der Waals surface area contributed by atoms with Gasteiger partial charge in [0.15, 0.2) is 0 Å². The van der Waals surface area contributed by atoms with Crippen LogP contribution < -0.4 is 0 Å². The van der Waals surface area contributed by atoms with E-state index in [1.165, 1.54) is 50.6 Å². The van der Waals surface area contributed by atoms with E-state index in [0.29, 0.717) is 5.41 Å². The van der Waals surface area contributed by atoms with Crippen LogP contribution in [-0.4, -0.2) is 23.0 Å². The van der Waals surface area contributed by atoms with Crippen LogP contribution in [0.2, 0.25) is 0 Å². The van der Waals surface area contributed by atoms with Crippen LogP contribution in [0.3, 0.4) is 0 Å². The lowest BCUT2D eigenvalue weighted by Crippen LogP contribution is -2.64. The zero-order valence-electron chi connectivity index (χ0n) is 17.3. The zero-order chi connectivity index (χ0) is 18.0. The Morgan fingerprint density at radius 2 is 1.76 bits per heavy atom. The first-order chi connectivity index (χ1) is 11.6. The predicted octanol–water partition coefficient (Wildman–Crippen LogP) is 5.84. The highest BCUT2D eigenvalue weighted by Gasteiger charge is 2.55. The smallest absolute Gasteiger partial charge is 0.0178 e. The van der Waals surface area contributed by atoms with Gasteiger partial charge in [0.2, 0.25) is 0 Å². The van der Waals surface area contributed by atoms with Crippen LogP contribution >= 0.6 is 0 Å². The third-order valence-electron chi connectivity index (χ3n) is 7.56. The molecule has 0 amide bonds.